The van der Waals surface area contributed by atoms with Crippen molar-refractivity contribution in [2.45, 2.75) is 33.4 Å². The van der Waals surface area contributed by atoms with Gasteiger partial charge in [-0.1, -0.05) is 6.07 Å². The van der Waals surface area contributed by atoms with E-state index in [1.54, 1.807) is 28.4 Å². The van der Waals surface area contributed by atoms with Gasteiger partial charge >= 0.3 is 6.03 Å². The molecule has 1 aliphatic rings. The lowest BCUT2D eigenvalue weighted by Crippen LogP contribution is -2.51. The molecule has 2 aromatic rings. The highest BCUT2D eigenvalue weighted by Gasteiger charge is 2.32. The van der Waals surface area contributed by atoms with E-state index in [0.29, 0.717) is 18.7 Å². The molecule has 0 radical (unpaired) electrons. The van der Waals surface area contributed by atoms with Crippen LogP contribution in [0.5, 0.6) is 0 Å². The lowest BCUT2D eigenvalue weighted by atomic mass is 10.2. The van der Waals surface area contributed by atoms with Crippen LogP contribution in [0.25, 0.3) is 0 Å². The van der Waals surface area contributed by atoms with Crippen LogP contribution >= 0.6 is 11.3 Å². The van der Waals surface area contributed by atoms with Gasteiger partial charge in [-0.15, -0.1) is 11.3 Å². The molecule has 0 unspecified atom stereocenters. The van der Waals surface area contributed by atoms with Crippen molar-refractivity contribution in [1.82, 2.24) is 14.8 Å². The Labute approximate surface area is 143 Å². The largest absolute Gasteiger partial charge is 0.329 e. The summed E-state index contributed by atoms with van der Waals surface area (Å²) >= 11 is 1.67. The quantitative estimate of drug-likeness (QED) is 0.925. The van der Waals surface area contributed by atoms with Crippen molar-refractivity contribution in [3.63, 3.8) is 0 Å². The average molecular weight is 345 g/mol. The lowest BCUT2D eigenvalue weighted by Gasteiger charge is -2.33. The van der Waals surface area contributed by atoms with Gasteiger partial charge in [0.2, 0.25) is 5.91 Å². The lowest BCUT2D eigenvalue weighted by molar-refractivity contribution is -0.131. The molecule has 3 heterocycles. The number of hydrogen-bond donors (Lipinski definition) is 1. The van der Waals surface area contributed by atoms with Gasteiger partial charge in [-0.2, -0.15) is 0 Å². The number of rotatable bonds is 4. The van der Waals surface area contributed by atoms with Crippen LogP contribution in [-0.4, -0.2) is 33.3 Å². The highest BCUT2D eigenvalue weighted by Crippen LogP contribution is 2.24. The summed E-state index contributed by atoms with van der Waals surface area (Å²) in [6.07, 6.45) is 1.80. The smallest absolute Gasteiger partial charge is 0.327 e. The molecule has 1 fully saturated rings. The fourth-order valence-corrected chi connectivity index (χ4v) is 3.78. The van der Waals surface area contributed by atoms with E-state index in [2.05, 4.69) is 18.0 Å². The number of hydrogen-bond acceptors (Lipinski definition) is 4. The van der Waals surface area contributed by atoms with E-state index in [0.717, 1.165) is 4.88 Å². The number of aromatic nitrogens is 1. The van der Waals surface area contributed by atoms with Gasteiger partial charge < -0.3 is 9.88 Å². The van der Waals surface area contributed by atoms with Gasteiger partial charge in [-0.25, -0.2) is 4.79 Å². The molecule has 7 heteroatoms. The SMILES string of the molecule is Cc1cc(CN2CCC(=O)N(Cc3ccc[nH]c3=O)C2=O)sc1C. The molecule has 0 bridgehead atoms. The Morgan fingerprint density at radius 3 is 2.67 bits per heavy atom. The first-order valence-corrected chi connectivity index (χ1v) is 8.59. The molecule has 6 nitrogen and oxygen atoms in total. The van der Waals surface area contributed by atoms with Gasteiger partial charge in [-0.05, 0) is 31.5 Å². The summed E-state index contributed by atoms with van der Waals surface area (Å²) in [5.41, 5.74) is 1.34. The zero-order valence-electron chi connectivity index (χ0n) is 13.7. The molecule has 126 valence electrons. The molecule has 0 saturated carbocycles. The molecular weight excluding hydrogens is 326 g/mol. The third-order valence-electron chi connectivity index (χ3n) is 4.19. The minimum Gasteiger partial charge on any atom is -0.329 e. The standard InChI is InChI=1S/C17H19N3O3S/c1-11-8-14(24-12(11)2)10-19-7-5-15(21)20(17(19)23)9-13-4-3-6-18-16(13)22/h3-4,6,8H,5,7,9-10H2,1-2H3,(H,18,22). The van der Waals surface area contributed by atoms with Crippen LogP contribution in [-0.2, 0) is 17.9 Å². The fraction of sp³-hybridized carbons (Fsp3) is 0.353. The molecule has 1 N–H and O–H groups in total. The molecule has 2 aromatic heterocycles. The van der Waals surface area contributed by atoms with E-state index >= 15 is 0 Å². The zero-order valence-corrected chi connectivity index (χ0v) is 14.5. The van der Waals surface area contributed by atoms with Gasteiger partial charge in [0, 0.05) is 34.5 Å². The Kier molecular flexibility index (Phi) is 4.53. The Morgan fingerprint density at radius 2 is 2.00 bits per heavy atom. The maximum absolute atomic E-state index is 12.7. The van der Waals surface area contributed by atoms with E-state index < -0.39 is 0 Å². The summed E-state index contributed by atoms with van der Waals surface area (Å²) in [5, 5.41) is 0. The molecule has 0 atom stereocenters. The van der Waals surface area contributed by atoms with Crippen molar-refractivity contribution >= 4 is 23.3 Å². The maximum Gasteiger partial charge on any atom is 0.327 e. The van der Waals surface area contributed by atoms with Crippen molar-refractivity contribution in [3.05, 3.63) is 55.6 Å². The summed E-state index contributed by atoms with van der Waals surface area (Å²) in [6.45, 7) is 5.01. The average Bonchev–Trinajstić information content (AvgIpc) is 2.86. The molecule has 1 aliphatic heterocycles. The number of imide groups is 1. The molecule has 3 amide bonds. The maximum atomic E-state index is 12.7. The van der Waals surface area contributed by atoms with Crippen molar-refractivity contribution in [2.75, 3.05) is 6.54 Å². The first kappa shape index (κ1) is 16.4. The Bertz CT molecular complexity index is 820. The second-order valence-corrected chi connectivity index (χ2v) is 7.25. The Hall–Kier alpha value is -2.41. The van der Waals surface area contributed by atoms with Gasteiger partial charge in [0.1, 0.15) is 0 Å². The number of nitrogens with zero attached hydrogens (tertiary/aromatic N) is 2. The number of carbonyl (C=O) groups is 2. The molecular formula is C17H19N3O3S. The van der Waals surface area contributed by atoms with E-state index in [4.69, 9.17) is 0 Å². The number of thiophene rings is 1. The molecule has 1 saturated heterocycles. The minimum absolute atomic E-state index is 0.00678. The van der Waals surface area contributed by atoms with Crippen molar-refractivity contribution in [1.29, 1.82) is 0 Å². The predicted octanol–water partition coefficient (Wildman–Crippen LogP) is 2.41. The van der Waals surface area contributed by atoms with Crippen LogP contribution in [0.4, 0.5) is 4.79 Å². The van der Waals surface area contributed by atoms with Crippen molar-refractivity contribution < 1.29 is 9.59 Å². The van der Waals surface area contributed by atoms with Crippen LogP contribution in [0.2, 0.25) is 0 Å². The second-order valence-electron chi connectivity index (χ2n) is 5.91. The molecule has 0 aromatic carbocycles. The number of H-pyrrole nitrogens is 1. The van der Waals surface area contributed by atoms with Gasteiger partial charge in [0.15, 0.2) is 0 Å². The van der Waals surface area contributed by atoms with E-state index in [1.807, 2.05) is 6.92 Å². The summed E-state index contributed by atoms with van der Waals surface area (Å²) in [5.74, 6) is -0.238. The van der Waals surface area contributed by atoms with E-state index in [1.165, 1.54) is 21.5 Å². The Balaban J connectivity index is 1.77. The van der Waals surface area contributed by atoms with Crippen molar-refractivity contribution in [2.24, 2.45) is 0 Å². The normalized spacial score (nSPS) is 15.2. The number of pyridine rings is 1. The summed E-state index contributed by atoms with van der Waals surface area (Å²) < 4.78 is 0. The molecule has 0 spiro atoms. The zero-order chi connectivity index (χ0) is 17.3. The van der Waals surface area contributed by atoms with Gasteiger partial charge in [-0.3, -0.25) is 14.5 Å². The van der Waals surface area contributed by atoms with Gasteiger partial charge in [0.05, 0.1) is 13.1 Å². The number of aryl methyl sites for hydroxylation is 2. The highest BCUT2D eigenvalue weighted by atomic mass is 32.1. The second kappa shape index (κ2) is 6.60. The fourth-order valence-electron chi connectivity index (χ4n) is 2.71. The predicted molar refractivity (Wildman–Crippen MR) is 91.8 cm³/mol. The summed E-state index contributed by atoms with van der Waals surface area (Å²) in [7, 11) is 0. The topological polar surface area (TPSA) is 73.5 Å². The number of urea groups is 1. The number of nitrogens with one attached hydrogen (secondary N) is 1. The first-order valence-electron chi connectivity index (χ1n) is 7.77. The summed E-state index contributed by atoms with van der Waals surface area (Å²) in [6, 6.07) is 5.06. The number of amides is 3. The van der Waals surface area contributed by atoms with Crippen LogP contribution in [0.3, 0.4) is 0 Å². The molecule has 0 aliphatic carbocycles. The highest BCUT2D eigenvalue weighted by molar-refractivity contribution is 7.12. The third kappa shape index (κ3) is 3.26. The first-order chi connectivity index (χ1) is 11.5. The Morgan fingerprint density at radius 1 is 1.21 bits per heavy atom. The van der Waals surface area contributed by atoms with E-state index in [9.17, 15) is 14.4 Å². The number of carbonyl (C=O) groups excluding carboxylic acids is 2. The van der Waals surface area contributed by atoms with Gasteiger partial charge in [0.25, 0.3) is 5.56 Å². The van der Waals surface area contributed by atoms with Crippen molar-refractivity contribution in [3.8, 4) is 0 Å². The van der Waals surface area contributed by atoms with Crippen LogP contribution in [0.15, 0.2) is 29.2 Å². The monoisotopic (exact) mass is 345 g/mol. The number of aromatic amines is 1. The molecule has 3 rings (SSSR count). The van der Waals surface area contributed by atoms with Crippen LogP contribution < -0.4 is 5.56 Å². The summed E-state index contributed by atoms with van der Waals surface area (Å²) in [4.78, 5) is 44.4. The van der Waals surface area contributed by atoms with Crippen LogP contribution in [0.1, 0.15) is 27.3 Å². The molecule has 24 heavy (non-hydrogen) atoms. The third-order valence-corrected chi connectivity index (χ3v) is 5.33. The minimum atomic E-state index is -0.335. The van der Waals surface area contributed by atoms with Crippen LogP contribution in [0, 0.1) is 13.8 Å². The van der Waals surface area contributed by atoms with E-state index in [-0.39, 0.29) is 30.5 Å².